The zero-order valence-corrected chi connectivity index (χ0v) is 15.3. The maximum absolute atomic E-state index is 11.1. The largest absolute Gasteiger partial charge is 0.483 e. The Kier molecular flexibility index (Phi) is 5.08. The topological polar surface area (TPSA) is 100 Å². The van der Waals surface area contributed by atoms with Gasteiger partial charge in [-0.2, -0.15) is 4.98 Å². The zero-order chi connectivity index (χ0) is 19.4. The van der Waals surface area contributed by atoms with Crippen molar-refractivity contribution in [1.29, 1.82) is 0 Å². The van der Waals surface area contributed by atoms with Crippen LogP contribution < -0.4 is 10.5 Å². The number of amides is 1. The molecule has 1 fully saturated rings. The molecule has 2 N–H and O–H groups in total. The fraction of sp³-hybridized carbons (Fsp3) is 0.286. The smallest absolute Gasteiger partial charge is 0.261 e. The van der Waals surface area contributed by atoms with Crippen molar-refractivity contribution in [2.24, 2.45) is 5.73 Å². The van der Waals surface area contributed by atoms with Gasteiger partial charge < -0.3 is 19.7 Å². The lowest BCUT2D eigenvalue weighted by atomic mass is 9.73. The molecule has 1 aromatic heterocycles. The third kappa shape index (κ3) is 3.48. The van der Waals surface area contributed by atoms with Crippen molar-refractivity contribution in [1.82, 2.24) is 10.1 Å². The summed E-state index contributed by atoms with van der Waals surface area (Å²) in [5, 5.41) is 4.31. The molecular formula is C21H21N3O4. The van der Waals surface area contributed by atoms with Gasteiger partial charge in [0.2, 0.25) is 0 Å². The van der Waals surface area contributed by atoms with E-state index in [1.54, 1.807) is 12.1 Å². The molecule has 7 nitrogen and oxygen atoms in total. The summed E-state index contributed by atoms with van der Waals surface area (Å²) in [4.78, 5) is 15.8. The molecule has 3 aromatic rings. The van der Waals surface area contributed by atoms with Gasteiger partial charge in [0, 0.05) is 13.2 Å². The minimum atomic E-state index is -0.550. The second-order valence-corrected chi connectivity index (χ2v) is 6.73. The molecule has 0 aliphatic carbocycles. The summed E-state index contributed by atoms with van der Waals surface area (Å²) in [6, 6.07) is 17.4. The lowest BCUT2D eigenvalue weighted by Gasteiger charge is -2.34. The minimum absolute atomic E-state index is 0.219. The summed E-state index contributed by atoms with van der Waals surface area (Å²) in [5.74, 6) is 0.891. The number of nitrogens with zero attached hydrogens (tertiary/aromatic N) is 2. The van der Waals surface area contributed by atoms with Crippen LogP contribution in [-0.2, 0) is 14.9 Å². The molecule has 2 aromatic carbocycles. The van der Waals surface area contributed by atoms with E-state index < -0.39 is 5.91 Å². The molecule has 0 bridgehead atoms. The van der Waals surface area contributed by atoms with E-state index in [4.69, 9.17) is 24.7 Å². The van der Waals surface area contributed by atoms with Crippen molar-refractivity contribution in [3.8, 4) is 17.2 Å². The van der Waals surface area contributed by atoms with E-state index in [0.717, 1.165) is 18.4 Å². The molecule has 1 aliphatic heterocycles. The summed E-state index contributed by atoms with van der Waals surface area (Å²) in [6.07, 6.45) is 1.55. The molecule has 1 aliphatic rings. The van der Waals surface area contributed by atoms with Crippen LogP contribution in [0.15, 0.2) is 59.1 Å². The molecule has 0 saturated carbocycles. The van der Waals surface area contributed by atoms with E-state index in [9.17, 15) is 4.79 Å². The third-order valence-corrected chi connectivity index (χ3v) is 5.01. The Morgan fingerprint density at radius 2 is 1.79 bits per heavy atom. The SMILES string of the molecule is NC(=O)COc1ccccc1-c1nc(C2(c3ccccc3)CCOCC2)no1. The second kappa shape index (κ2) is 7.82. The van der Waals surface area contributed by atoms with Gasteiger partial charge in [-0.3, -0.25) is 4.79 Å². The lowest BCUT2D eigenvalue weighted by Crippen LogP contribution is -2.36. The third-order valence-electron chi connectivity index (χ3n) is 5.01. The Balaban J connectivity index is 1.72. The van der Waals surface area contributed by atoms with Gasteiger partial charge in [0.15, 0.2) is 12.4 Å². The Morgan fingerprint density at radius 3 is 2.54 bits per heavy atom. The van der Waals surface area contributed by atoms with Crippen molar-refractivity contribution in [2.45, 2.75) is 18.3 Å². The quantitative estimate of drug-likeness (QED) is 0.707. The Bertz CT molecular complexity index is 949. The number of aromatic nitrogens is 2. The number of benzene rings is 2. The molecular weight excluding hydrogens is 358 g/mol. The van der Waals surface area contributed by atoms with Gasteiger partial charge in [0.25, 0.3) is 11.8 Å². The molecule has 0 spiro atoms. The number of primary amides is 1. The summed E-state index contributed by atoms with van der Waals surface area (Å²) in [6.45, 7) is 1.05. The predicted molar refractivity (Wildman–Crippen MR) is 102 cm³/mol. The average Bonchev–Trinajstić information content (AvgIpc) is 3.24. The molecule has 0 unspecified atom stereocenters. The van der Waals surface area contributed by atoms with Crippen LogP contribution in [0, 0.1) is 0 Å². The summed E-state index contributed by atoms with van der Waals surface area (Å²) in [5.41, 5.74) is 6.59. The summed E-state index contributed by atoms with van der Waals surface area (Å²) >= 11 is 0. The maximum atomic E-state index is 11.1. The van der Waals surface area contributed by atoms with Gasteiger partial charge in [-0.25, -0.2) is 0 Å². The van der Waals surface area contributed by atoms with Gasteiger partial charge in [-0.15, -0.1) is 0 Å². The number of carbonyl (C=O) groups is 1. The molecule has 1 saturated heterocycles. The molecule has 1 amide bonds. The highest BCUT2D eigenvalue weighted by atomic mass is 16.5. The number of ether oxygens (including phenoxy) is 2. The standard InChI is InChI=1S/C21H21N3O4/c22-18(25)14-27-17-9-5-4-8-16(17)19-23-20(24-28-19)21(10-12-26-13-11-21)15-6-2-1-3-7-15/h1-9H,10-14H2,(H2,22,25). The highest BCUT2D eigenvalue weighted by Crippen LogP contribution is 2.41. The first kappa shape index (κ1) is 18.2. The highest BCUT2D eigenvalue weighted by molar-refractivity contribution is 5.75. The van der Waals surface area contributed by atoms with Crippen molar-refractivity contribution in [3.63, 3.8) is 0 Å². The fourth-order valence-electron chi connectivity index (χ4n) is 3.56. The predicted octanol–water partition coefficient (Wildman–Crippen LogP) is 2.70. The normalized spacial score (nSPS) is 15.9. The number of nitrogens with two attached hydrogens (primary N) is 1. The number of hydrogen-bond donors (Lipinski definition) is 1. The first-order chi connectivity index (χ1) is 13.7. The first-order valence-electron chi connectivity index (χ1n) is 9.17. The van der Waals surface area contributed by atoms with E-state index in [1.807, 2.05) is 30.3 Å². The second-order valence-electron chi connectivity index (χ2n) is 6.73. The van der Waals surface area contributed by atoms with E-state index in [2.05, 4.69) is 17.3 Å². The minimum Gasteiger partial charge on any atom is -0.483 e. The van der Waals surface area contributed by atoms with Gasteiger partial charge >= 0.3 is 0 Å². The van der Waals surface area contributed by atoms with Gasteiger partial charge in [-0.1, -0.05) is 47.6 Å². The van der Waals surface area contributed by atoms with Crippen LogP contribution >= 0.6 is 0 Å². The Hall–Kier alpha value is -3.19. The first-order valence-corrected chi connectivity index (χ1v) is 9.17. The number of hydrogen-bond acceptors (Lipinski definition) is 6. The van der Waals surface area contributed by atoms with E-state index in [0.29, 0.717) is 36.2 Å². The Morgan fingerprint density at radius 1 is 1.07 bits per heavy atom. The molecule has 4 rings (SSSR count). The van der Waals surface area contributed by atoms with Crippen LogP contribution in [0.5, 0.6) is 5.75 Å². The van der Waals surface area contributed by atoms with Gasteiger partial charge in [0.05, 0.1) is 11.0 Å². The van der Waals surface area contributed by atoms with Crippen molar-refractivity contribution in [3.05, 3.63) is 66.0 Å². The van der Waals surface area contributed by atoms with Crippen LogP contribution in [0.1, 0.15) is 24.2 Å². The van der Waals surface area contributed by atoms with Crippen LogP contribution in [0.3, 0.4) is 0 Å². The summed E-state index contributed by atoms with van der Waals surface area (Å²) in [7, 11) is 0. The molecule has 0 atom stereocenters. The summed E-state index contributed by atoms with van der Waals surface area (Å²) < 4.78 is 16.7. The lowest BCUT2D eigenvalue weighted by molar-refractivity contribution is -0.119. The van der Waals surface area contributed by atoms with Gasteiger partial charge in [-0.05, 0) is 30.5 Å². The average molecular weight is 379 g/mol. The van der Waals surface area contributed by atoms with E-state index >= 15 is 0 Å². The van der Waals surface area contributed by atoms with Crippen LogP contribution in [0.2, 0.25) is 0 Å². The van der Waals surface area contributed by atoms with Crippen LogP contribution in [-0.4, -0.2) is 35.9 Å². The van der Waals surface area contributed by atoms with Crippen molar-refractivity contribution < 1.29 is 18.8 Å². The van der Waals surface area contributed by atoms with E-state index in [1.165, 1.54) is 0 Å². The van der Waals surface area contributed by atoms with Crippen LogP contribution in [0.4, 0.5) is 0 Å². The zero-order valence-electron chi connectivity index (χ0n) is 15.3. The number of rotatable bonds is 6. The Labute approximate surface area is 162 Å². The van der Waals surface area contributed by atoms with Gasteiger partial charge in [0.1, 0.15) is 5.75 Å². The molecule has 0 radical (unpaired) electrons. The fourth-order valence-corrected chi connectivity index (χ4v) is 3.56. The van der Waals surface area contributed by atoms with E-state index in [-0.39, 0.29) is 12.0 Å². The number of carbonyl (C=O) groups excluding carboxylic acids is 1. The molecule has 144 valence electrons. The highest BCUT2D eigenvalue weighted by Gasteiger charge is 2.40. The van der Waals surface area contributed by atoms with Crippen molar-refractivity contribution >= 4 is 5.91 Å². The van der Waals surface area contributed by atoms with Crippen molar-refractivity contribution in [2.75, 3.05) is 19.8 Å². The molecule has 2 heterocycles. The molecule has 7 heteroatoms. The van der Waals surface area contributed by atoms with Crippen LogP contribution in [0.25, 0.3) is 11.5 Å². The monoisotopic (exact) mass is 379 g/mol. The molecule has 28 heavy (non-hydrogen) atoms. The number of para-hydroxylation sites is 1. The maximum Gasteiger partial charge on any atom is 0.261 e.